The SMILES string of the molecule is CCCS(=O)(=O)CC1CC(CC2CC2)(C(C)NC(=O)c2c(C)cc(C)nc2C)C1. The first-order chi connectivity index (χ1) is 13.5. The monoisotopic (exact) mass is 420 g/mol. The quantitative estimate of drug-likeness (QED) is 0.651. The van der Waals surface area contributed by atoms with Gasteiger partial charge in [0.25, 0.3) is 5.91 Å². The van der Waals surface area contributed by atoms with Gasteiger partial charge < -0.3 is 5.32 Å². The maximum absolute atomic E-state index is 13.0. The van der Waals surface area contributed by atoms with Crippen LogP contribution < -0.4 is 5.32 Å². The zero-order valence-corrected chi connectivity index (χ0v) is 19.4. The lowest BCUT2D eigenvalue weighted by molar-refractivity contribution is 0.0146. The maximum Gasteiger partial charge on any atom is 0.253 e. The van der Waals surface area contributed by atoms with Crippen molar-refractivity contribution in [2.24, 2.45) is 17.3 Å². The van der Waals surface area contributed by atoms with Crippen LogP contribution in [-0.4, -0.2) is 36.9 Å². The normalized spacial score (nSPS) is 25.3. The number of sulfone groups is 1. The Hall–Kier alpha value is -1.43. The second-order valence-corrected chi connectivity index (χ2v) is 11.9. The van der Waals surface area contributed by atoms with E-state index in [9.17, 15) is 13.2 Å². The van der Waals surface area contributed by atoms with Crippen LogP contribution in [0.5, 0.6) is 0 Å². The first-order valence-corrected chi connectivity index (χ1v) is 12.8. The predicted molar refractivity (Wildman–Crippen MR) is 117 cm³/mol. The Morgan fingerprint density at radius 1 is 1.24 bits per heavy atom. The molecule has 2 aliphatic carbocycles. The summed E-state index contributed by atoms with van der Waals surface area (Å²) in [5, 5.41) is 3.25. The molecule has 162 valence electrons. The molecule has 1 unspecified atom stereocenters. The standard InChI is InChI=1S/C23H36N2O3S/c1-6-9-29(27,28)14-20-12-23(13-20,11-19-7-8-19)18(5)25-22(26)21-15(2)10-16(3)24-17(21)4/h10,18-20H,6-9,11-14H2,1-5H3,(H,25,26). The van der Waals surface area contributed by atoms with Gasteiger partial charge in [-0.2, -0.15) is 0 Å². The van der Waals surface area contributed by atoms with Crippen molar-refractivity contribution in [2.45, 2.75) is 79.2 Å². The highest BCUT2D eigenvalue weighted by Gasteiger charge is 2.51. The first kappa shape index (κ1) is 22.3. The average molecular weight is 421 g/mol. The number of nitrogens with zero attached hydrogens (tertiary/aromatic N) is 1. The second kappa shape index (κ2) is 8.37. The predicted octanol–water partition coefficient (Wildman–Crippen LogP) is 4.15. The van der Waals surface area contributed by atoms with Crippen molar-refractivity contribution in [1.29, 1.82) is 0 Å². The number of aromatic nitrogens is 1. The third kappa shape index (κ3) is 5.19. The molecule has 1 aromatic rings. The van der Waals surface area contributed by atoms with E-state index in [1.165, 1.54) is 12.8 Å². The lowest BCUT2D eigenvalue weighted by atomic mass is 9.56. The third-order valence-corrected chi connectivity index (χ3v) is 8.82. The first-order valence-electron chi connectivity index (χ1n) is 11.0. The fourth-order valence-electron chi connectivity index (χ4n) is 5.34. The Morgan fingerprint density at radius 2 is 1.90 bits per heavy atom. The van der Waals surface area contributed by atoms with Crippen LogP contribution in [-0.2, 0) is 9.84 Å². The fourth-order valence-corrected chi connectivity index (χ4v) is 7.09. The van der Waals surface area contributed by atoms with Crippen LogP contribution in [0.2, 0.25) is 0 Å². The number of amides is 1. The van der Waals surface area contributed by atoms with Crippen LogP contribution in [0, 0.1) is 38.0 Å². The van der Waals surface area contributed by atoms with Gasteiger partial charge in [0, 0.05) is 17.5 Å². The molecular weight excluding hydrogens is 384 g/mol. The number of hydrogen-bond donors (Lipinski definition) is 1. The molecule has 2 saturated carbocycles. The lowest BCUT2D eigenvalue weighted by Crippen LogP contribution is -2.54. The van der Waals surface area contributed by atoms with Crippen LogP contribution in [0.25, 0.3) is 0 Å². The molecule has 0 saturated heterocycles. The van der Waals surface area contributed by atoms with Crippen molar-refractivity contribution in [3.8, 4) is 0 Å². The zero-order valence-electron chi connectivity index (χ0n) is 18.5. The van der Waals surface area contributed by atoms with E-state index in [1.807, 2.05) is 33.8 Å². The molecular formula is C23H36N2O3S. The van der Waals surface area contributed by atoms with Gasteiger partial charge in [0.05, 0.1) is 17.0 Å². The van der Waals surface area contributed by atoms with Gasteiger partial charge in [0.15, 0.2) is 9.84 Å². The minimum absolute atomic E-state index is 0.0285. The molecule has 2 aliphatic rings. The second-order valence-electron chi connectivity index (χ2n) is 9.63. The van der Waals surface area contributed by atoms with Gasteiger partial charge in [-0.15, -0.1) is 0 Å². The van der Waals surface area contributed by atoms with Gasteiger partial charge in [0.2, 0.25) is 0 Å². The molecule has 1 N–H and O–H groups in total. The molecule has 1 heterocycles. The molecule has 1 atom stereocenters. The molecule has 0 radical (unpaired) electrons. The highest BCUT2D eigenvalue weighted by atomic mass is 32.2. The van der Waals surface area contributed by atoms with E-state index >= 15 is 0 Å². The Morgan fingerprint density at radius 3 is 2.45 bits per heavy atom. The summed E-state index contributed by atoms with van der Waals surface area (Å²) < 4.78 is 24.5. The van der Waals surface area contributed by atoms with Crippen LogP contribution in [0.3, 0.4) is 0 Å². The van der Waals surface area contributed by atoms with E-state index in [0.717, 1.165) is 42.1 Å². The summed E-state index contributed by atoms with van der Waals surface area (Å²) in [5.41, 5.74) is 3.34. The Kier molecular flexibility index (Phi) is 6.42. The van der Waals surface area contributed by atoms with Crippen LogP contribution >= 0.6 is 0 Å². The van der Waals surface area contributed by atoms with Gasteiger partial charge in [-0.3, -0.25) is 9.78 Å². The Labute approximate surface area is 176 Å². The molecule has 0 aliphatic heterocycles. The van der Waals surface area contributed by atoms with Crippen LogP contribution in [0.1, 0.15) is 79.7 Å². The molecule has 0 bridgehead atoms. The Balaban J connectivity index is 1.69. The number of carbonyl (C=O) groups is 1. The van der Waals surface area contributed by atoms with Crippen molar-refractivity contribution in [1.82, 2.24) is 10.3 Å². The number of pyridine rings is 1. The van der Waals surface area contributed by atoms with Crippen molar-refractivity contribution in [3.05, 3.63) is 28.6 Å². The zero-order chi connectivity index (χ0) is 21.4. The van der Waals surface area contributed by atoms with Crippen molar-refractivity contribution >= 4 is 15.7 Å². The number of nitrogens with one attached hydrogen (secondary N) is 1. The number of carbonyl (C=O) groups excluding carboxylic acids is 1. The maximum atomic E-state index is 13.0. The van der Waals surface area contributed by atoms with Crippen molar-refractivity contribution < 1.29 is 13.2 Å². The molecule has 5 nitrogen and oxygen atoms in total. The summed E-state index contributed by atoms with van der Waals surface area (Å²) in [6.07, 6.45) is 6.11. The highest BCUT2D eigenvalue weighted by Crippen LogP contribution is 2.56. The number of rotatable bonds is 9. The molecule has 0 spiro atoms. The summed E-state index contributed by atoms with van der Waals surface area (Å²) >= 11 is 0. The average Bonchev–Trinajstić information content (AvgIpc) is 3.34. The van der Waals surface area contributed by atoms with Crippen molar-refractivity contribution in [3.63, 3.8) is 0 Å². The van der Waals surface area contributed by atoms with Crippen molar-refractivity contribution in [2.75, 3.05) is 11.5 Å². The van der Waals surface area contributed by atoms with Crippen LogP contribution in [0.15, 0.2) is 6.07 Å². The third-order valence-electron chi connectivity index (χ3n) is 6.81. The molecule has 6 heteroatoms. The molecule has 3 rings (SSSR count). The smallest absolute Gasteiger partial charge is 0.253 e. The Bertz CT molecular complexity index is 845. The highest BCUT2D eigenvalue weighted by molar-refractivity contribution is 7.91. The van der Waals surface area contributed by atoms with Gasteiger partial charge in [-0.05, 0) is 82.3 Å². The van der Waals surface area contributed by atoms with Gasteiger partial charge in [-0.1, -0.05) is 19.8 Å². The summed E-state index contributed by atoms with van der Waals surface area (Å²) in [7, 11) is -2.96. The molecule has 2 fully saturated rings. The van der Waals surface area contributed by atoms with Gasteiger partial charge in [-0.25, -0.2) is 8.42 Å². The minimum Gasteiger partial charge on any atom is -0.349 e. The van der Waals surface area contributed by atoms with E-state index < -0.39 is 9.84 Å². The number of aryl methyl sites for hydroxylation is 3. The summed E-state index contributed by atoms with van der Waals surface area (Å²) in [6, 6.07) is 1.98. The summed E-state index contributed by atoms with van der Waals surface area (Å²) in [5.74, 6) is 1.50. The lowest BCUT2D eigenvalue weighted by Gasteiger charge is -2.52. The van der Waals surface area contributed by atoms with E-state index in [2.05, 4.69) is 17.2 Å². The van der Waals surface area contributed by atoms with E-state index in [-0.39, 0.29) is 29.0 Å². The minimum atomic E-state index is -2.96. The van der Waals surface area contributed by atoms with E-state index in [1.54, 1.807) is 0 Å². The molecule has 1 amide bonds. The van der Waals surface area contributed by atoms with E-state index in [4.69, 9.17) is 0 Å². The van der Waals surface area contributed by atoms with Gasteiger partial charge >= 0.3 is 0 Å². The fraction of sp³-hybridized carbons (Fsp3) is 0.739. The molecule has 1 aromatic heterocycles. The summed E-state index contributed by atoms with van der Waals surface area (Å²) in [6.45, 7) is 9.80. The van der Waals surface area contributed by atoms with E-state index in [0.29, 0.717) is 17.7 Å². The van der Waals surface area contributed by atoms with Crippen LogP contribution in [0.4, 0.5) is 0 Å². The largest absolute Gasteiger partial charge is 0.349 e. The molecule has 29 heavy (non-hydrogen) atoms. The number of hydrogen-bond acceptors (Lipinski definition) is 4. The topological polar surface area (TPSA) is 76.1 Å². The summed E-state index contributed by atoms with van der Waals surface area (Å²) in [4.78, 5) is 17.5. The molecule has 0 aromatic carbocycles. The van der Waals surface area contributed by atoms with Gasteiger partial charge in [0.1, 0.15) is 0 Å².